The van der Waals surface area contributed by atoms with E-state index >= 15 is 0 Å². The van der Waals surface area contributed by atoms with E-state index < -0.39 is 0 Å². The molecule has 3 aromatic rings. The molecule has 1 aromatic heterocycles. The lowest BCUT2D eigenvalue weighted by molar-refractivity contribution is 0.129. The molecular weight excluding hydrogens is 368 g/mol. The van der Waals surface area contributed by atoms with Gasteiger partial charge in [-0.1, -0.05) is 35.5 Å². The van der Waals surface area contributed by atoms with Crippen molar-refractivity contribution in [1.82, 2.24) is 9.55 Å². The van der Waals surface area contributed by atoms with Gasteiger partial charge in [-0.15, -0.1) is 0 Å². The van der Waals surface area contributed by atoms with Gasteiger partial charge in [0.25, 0.3) is 5.56 Å². The second-order valence-electron chi connectivity index (χ2n) is 6.48. The molecule has 2 aromatic carbocycles. The summed E-state index contributed by atoms with van der Waals surface area (Å²) in [7, 11) is 0. The van der Waals surface area contributed by atoms with Crippen LogP contribution in [0, 0.1) is 6.92 Å². The fourth-order valence-corrected chi connectivity index (χ4v) is 4.42. The summed E-state index contributed by atoms with van der Waals surface area (Å²) in [5.41, 5.74) is 2.48. The summed E-state index contributed by atoms with van der Waals surface area (Å²) in [5, 5.41) is 1.82. The van der Waals surface area contributed by atoms with Gasteiger partial charge in [-0.05, 0) is 55.7 Å². The molecule has 1 atom stereocenters. The molecule has 0 spiro atoms. The predicted molar refractivity (Wildman–Crippen MR) is 107 cm³/mol. The van der Waals surface area contributed by atoms with Crippen LogP contribution in [0.5, 0.6) is 0 Å². The summed E-state index contributed by atoms with van der Waals surface area (Å²) in [5.74, 6) is 0.782. The van der Waals surface area contributed by atoms with E-state index in [2.05, 4.69) is 0 Å². The zero-order valence-electron chi connectivity index (χ0n) is 14.4. The summed E-state index contributed by atoms with van der Waals surface area (Å²) in [6.45, 7) is 2.83. The number of hydrogen-bond acceptors (Lipinski definition) is 4. The van der Waals surface area contributed by atoms with Crippen molar-refractivity contribution in [2.75, 3.05) is 12.4 Å². The van der Waals surface area contributed by atoms with Gasteiger partial charge >= 0.3 is 0 Å². The Morgan fingerprint density at radius 3 is 2.96 bits per heavy atom. The summed E-state index contributed by atoms with van der Waals surface area (Å²) < 4.78 is 7.42. The molecule has 4 nitrogen and oxygen atoms in total. The van der Waals surface area contributed by atoms with Crippen LogP contribution in [0.3, 0.4) is 0 Å². The molecule has 0 amide bonds. The van der Waals surface area contributed by atoms with Gasteiger partial charge in [0.15, 0.2) is 5.16 Å². The number of ether oxygens (including phenoxy) is 1. The van der Waals surface area contributed by atoms with Crippen molar-refractivity contribution < 1.29 is 4.74 Å². The van der Waals surface area contributed by atoms with E-state index in [-0.39, 0.29) is 11.7 Å². The fraction of sp³-hybridized carbons (Fsp3) is 0.300. The van der Waals surface area contributed by atoms with Crippen molar-refractivity contribution in [2.24, 2.45) is 0 Å². The zero-order valence-corrected chi connectivity index (χ0v) is 16.0. The molecule has 1 unspecified atom stereocenters. The maximum Gasteiger partial charge on any atom is 0.266 e. The molecule has 1 saturated heterocycles. The van der Waals surface area contributed by atoms with Gasteiger partial charge < -0.3 is 4.74 Å². The van der Waals surface area contributed by atoms with Gasteiger partial charge in [0.2, 0.25) is 0 Å². The lowest BCUT2D eigenvalue weighted by Crippen LogP contribution is -2.22. The van der Waals surface area contributed by atoms with Crippen molar-refractivity contribution in [3.8, 4) is 5.69 Å². The highest BCUT2D eigenvalue weighted by atomic mass is 35.5. The Morgan fingerprint density at radius 1 is 1.31 bits per heavy atom. The molecule has 2 heterocycles. The zero-order chi connectivity index (χ0) is 18.1. The topological polar surface area (TPSA) is 44.1 Å². The number of aromatic nitrogens is 2. The van der Waals surface area contributed by atoms with Crippen LogP contribution in [-0.2, 0) is 4.74 Å². The van der Waals surface area contributed by atoms with E-state index in [0.717, 1.165) is 36.5 Å². The number of benzene rings is 2. The first kappa shape index (κ1) is 17.6. The third kappa shape index (κ3) is 3.52. The largest absolute Gasteiger partial charge is 0.377 e. The fourth-order valence-electron chi connectivity index (χ4n) is 3.17. The summed E-state index contributed by atoms with van der Waals surface area (Å²) >= 11 is 7.67. The highest BCUT2D eigenvalue weighted by molar-refractivity contribution is 7.99. The minimum absolute atomic E-state index is 0.0768. The van der Waals surface area contributed by atoms with Gasteiger partial charge in [-0.3, -0.25) is 9.36 Å². The smallest absolute Gasteiger partial charge is 0.266 e. The highest BCUT2D eigenvalue weighted by Gasteiger charge is 2.19. The maximum absolute atomic E-state index is 13.2. The number of halogens is 1. The summed E-state index contributed by atoms with van der Waals surface area (Å²) in [4.78, 5) is 18.0. The van der Waals surface area contributed by atoms with Crippen LogP contribution in [0.2, 0.25) is 5.02 Å². The van der Waals surface area contributed by atoms with E-state index in [1.807, 2.05) is 31.2 Å². The van der Waals surface area contributed by atoms with Crippen molar-refractivity contribution >= 4 is 34.3 Å². The molecule has 0 aliphatic carbocycles. The molecular formula is C20H19ClN2O2S. The summed E-state index contributed by atoms with van der Waals surface area (Å²) in [6.07, 6.45) is 2.37. The van der Waals surface area contributed by atoms with Gasteiger partial charge in [-0.25, -0.2) is 4.98 Å². The number of nitrogens with zero attached hydrogens (tertiary/aromatic N) is 2. The first-order valence-electron chi connectivity index (χ1n) is 8.65. The van der Waals surface area contributed by atoms with Gasteiger partial charge in [0.05, 0.1) is 22.7 Å². The van der Waals surface area contributed by atoms with Crippen molar-refractivity contribution in [3.05, 3.63) is 63.4 Å². The molecule has 1 fully saturated rings. The molecule has 0 radical (unpaired) electrons. The molecule has 26 heavy (non-hydrogen) atoms. The minimum Gasteiger partial charge on any atom is -0.377 e. The average molecular weight is 387 g/mol. The Kier molecular flexibility index (Phi) is 5.02. The Labute approximate surface area is 161 Å². The monoisotopic (exact) mass is 386 g/mol. The van der Waals surface area contributed by atoms with Crippen molar-refractivity contribution in [2.45, 2.75) is 31.0 Å². The van der Waals surface area contributed by atoms with Crippen molar-refractivity contribution in [3.63, 3.8) is 0 Å². The van der Waals surface area contributed by atoms with Crippen LogP contribution < -0.4 is 5.56 Å². The van der Waals surface area contributed by atoms with Gasteiger partial charge in [-0.2, -0.15) is 0 Å². The number of fused-ring (bicyclic) bond motifs is 1. The van der Waals surface area contributed by atoms with Crippen LogP contribution in [0.15, 0.2) is 52.4 Å². The Balaban J connectivity index is 1.85. The SMILES string of the molecule is Cc1cccc(-n2c(SCC3CCCO3)nc3cc(Cl)ccc3c2=O)c1. The van der Waals surface area contributed by atoms with E-state index in [1.165, 1.54) is 0 Å². The van der Waals surface area contributed by atoms with E-state index in [9.17, 15) is 4.79 Å². The van der Waals surface area contributed by atoms with Crippen LogP contribution in [0.25, 0.3) is 16.6 Å². The quantitative estimate of drug-likeness (QED) is 0.484. The first-order chi connectivity index (χ1) is 12.6. The molecule has 0 saturated carbocycles. The normalized spacial score (nSPS) is 17.1. The molecule has 1 aliphatic rings. The number of hydrogen-bond donors (Lipinski definition) is 0. The lowest BCUT2D eigenvalue weighted by atomic mass is 10.2. The lowest BCUT2D eigenvalue weighted by Gasteiger charge is -2.15. The van der Waals surface area contributed by atoms with Gasteiger partial charge in [0, 0.05) is 17.4 Å². The van der Waals surface area contributed by atoms with Crippen LogP contribution in [0.1, 0.15) is 18.4 Å². The highest BCUT2D eigenvalue weighted by Crippen LogP contribution is 2.26. The Morgan fingerprint density at radius 2 is 2.19 bits per heavy atom. The van der Waals surface area contributed by atoms with E-state index in [0.29, 0.717) is 21.1 Å². The third-order valence-electron chi connectivity index (χ3n) is 4.48. The molecule has 6 heteroatoms. The Bertz CT molecular complexity index is 1010. The number of rotatable bonds is 4. The van der Waals surface area contributed by atoms with Crippen LogP contribution in [0.4, 0.5) is 0 Å². The molecule has 4 rings (SSSR count). The van der Waals surface area contributed by atoms with E-state index in [4.69, 9.17) is 21.3 Å². The molecule has 0 N–H and O–H groups in total. The maximum atomic E-state index is 13.2. The van der Waals surface area contributed by atoms with Crippen molar-refractivity contribution in [1.29, 1.82) is 0 Å². The number of thioether (sulfide) groups is 1. The van der Waals surface area contributed by atoms with E-state index in [1.54, 1.807) is 34.5 Å². The third-order valence-corrected chi connectivity index (χ3v) is 5.79. The predicted octanol–water partition coefficient (Wildman–Crippen LogP) is 4.62. The van der Waals surface area contributed by atoms with Crippen LogP contribution >= 0.6 is 23.4 Å². The standard InChI is InChI=1S/C20H19ClN2O2S/c1-13-4-2-5-15(10-13)23-19(24)17-8-7-14(21)11-18(17)22-20(23)26-12-16-6-3-9-25-16/h2,4-5,7-8,10-11,16H,3,6,9,12H2,1H3. The minimum atomic E-state index is -0.0768. The molecule has 1 aliphatic heterocycles. The Hall–Kier alpha value is -1.82. The molecule has 0 bridgehead atoms. The first-order valence-corrected chi connectivity index (χ1v) is 10.0. The second kappa shape index (κ2) is 7.43. The molecule has 134 valence electrons. The van der Waals surface area contributed by atoms with Gasteiger partial charge in [0.1, 0.15) is 0 Å². The second-order valence-corrected chi connectivity index (χ2v) is 7.91. The average Bonchev–Trinajstić information content (AvgIpc) is 3.13. The summed E-state index contributed by atoms with van der Waals surface area (Å²) in [6, 6.07) is 13.1. The number of aryl methyl sites for hydroxylation is 1. The van der Waals surface area contributed by atoms with Crippen LogP contribution in [-0.4, -0.2) is 28.0 Å².